The Labute approximate surface area is 119 Å². The van der Waals surface area contributed by atoms with Crippen LogP contribution in [0, 0.1) is 5.41 Å². The summed E-state index contributed by atoms with van der Waals surface area (Å²) < 4.78 is 30.1. The molecular weight excluding hydrogens is 284 g/mol. The molecule has 1 N–H and O–H groups in total. The largest absolute Gasteiger partial charge is 0.469 e. The van der Waals surface area contributed by atoms with Gasteiger partial charge in [-0.3, -0.25) is 9.59 Å². The van der Waals surface area contributed by atoms with Crippen LogP contribution in [0.15, 0.2) is 0 Å². The molecule has 1 heterocycles. The smallest absolute Gasteiger partial charge is 0.305 e. The summed E-state index contributed by atoms with van der Waals surface area (Å²) >= 11 is 0. The summed E-state index contributed by atoms with van der Waals surface area (Å²) in [6, 6.07) is 0. The number of hydrogen-bond acceptors (Lipinski definition) is 5. The number of methoxy groups -OCH3 is 1. The maximum Gasteiger partial charge on any atom is 0.305 e. The molecule has 116 valence electrons. The van der Waals surface area contributed by atoms with E-state index in [1.807, 2.05) is 0 Å². The molecule has 1 aliphatic rings. The van der Waals surface area contributed by atoms with E-state index in [2.05, 4.69) is 10.1 Å². The zero-order valence-electron chi connectivity index (χ0n) is 12.1. The number of nitrogens with one attached hydrogen (secondary N) is 1. The standard InChI is InChI=1S/C12H22N2O5S/c1-12(11(16)13-2)6-7-14(9-12)20(17,18)8-4-5-10(15)19-3/h4-9H2,1-3H3,(H,13,16). The third kappa shape index (κ3) is 3.92. The fourth-order valence-corrected chi connectivity index (χ4v) is 3.89. The van der Waals surface area contributed by atoms with Gasteiger partial charge >= 0.3 is 5.97 Å². The van der Waals surface area contributed by atoms with Crippen LogP contribution in [0.4, 0.5) is 0 Å². The number of ether oxygens (including phenoxy) is 1. The Hall–Kier alpha value is -1.15. The van der Waals surface area contributed by atoms with Crippen LogP contribution in [0.5, 0.6) is 0 Å². The topological polar surface area (TPSA) is 92.8 Å². The second kappa shape index (κ2) is 6.53. The summed E-state index contributed by atoms with van der Waals surface area (Å²) in [5, 5.41) is 2.56. The molecule has 1 atom stereocenters. The van der Waals surface area contributed by atoms with E-state index in [9.17, 15) is 18.0 Å². The average molecular weight is 306 g/mol. The highest BCUT2D eigenvalue weighted by Gasteiger charge is 2.43. The van der Waals surface area contributed by atoms with Crippen molar-refractivity contribution in [1.29, 1.82) is 0 Å². The Balaban J connectivity index is 2.58. The molecule has 1 rings (SSSR count). The molecule has 0 bridgehead atoms. The van der Waals surface area contributed by atoms with Crippen LogP contribution in [0.2, 0.25) is 0 Å². The van der Waals surface area contributed by atoms with Crippen molar-refractivity contribution < 1.29 is 22.7 Å². The molecule has 0 spiro atoms. The molecule has 20 heavy (non-hydrogen) atoms. The van der Waals surface area contributed by atoms with Crippen LogP contribution in [0.25, 0.3) is 0 Å². The van der Waals surface area contributed by atoms with Gasteiger partial charge in [0.25, 0.3) is 0 Å². The molecule has 0 radical (unpaired) electrons. The Morgan fingerprint density at radius 2 is 2.05 bits per heavy atom. The van der Waals surface area contributed by atoms with E-state index in [-0.39, 0.29) is 31.0 Å². The maximum atomic E-state index is 12.1. The number of hydrogen-bond donors (Lipinski definition) is 1. The van der Waals surface area contributed by atoms with Crippen molar-refractivity contribution in [2.24, 2.45) is 5.41 Å². The van der Waals surface area contributed by atoms with Crippen molar-refractivity contribution in [3.05, 3.63) is 0 Å². The van der Waals surface area contributed by atoms with E-state index in [0.29, 0.717) is 13.0 Å². The molecule has 0 aliphatic carbocycles. The quantitative estimate of drug-likeness (QED) is 0.682. The molecule has 0 aromatic carbocycles. The zero-order valence-corrected chi connectivity index (χ0v) is 13.0. The second-order valence-corrected chi connectivity index (χ2v) is 7.31. The lowest BCUT2D eigenvalue weighted by molar-refractivity contribution is -0.140. The van der Waals surface area contributed by atoms with Crippen LogP contribution in [0.3, 0.4) is 0 Å². The number of carbonyl (C=O) groups excluding carboxylic acids is 2. The number of esters is 1. The zero-order chi connectivity index (χ0) is 15.4. The first-order valence-electron chi connectivity index (χ1n) is 6.52. The molecule has 0 saturated carbocycles. The van der Waals surface area contributed by atoms with Gasteiger partial charge in [-0.25, -0.2) is 12.7 Å². The first-order valence-corrected chi connectivity index (χ1v) is 8.13. The Morgan fingerprint density at radius 3 is 2.60 bits per heavy atom. The van der Waals surface area contributed by atoms with Crippen molar-refractivity contribution in [2.45, 2.75) is 26.2 Å². The van der Waals surface area contributed by atoms with Gasteiger partial charge in [-0.05, 0) is 19.8 Å². The molecular formula is C12H22N2O5S. The van der Waals surface area contributed by atoms with E-state index >= 15 is 0 Å². The Bertz CT molecular complexity index is 476. The molecule has 1 aliphatic heterocycles. The molecule has 8 heteroatoms. The fourth-order valence-electron chi connectivity index (χ4n) is 2.27. The summed E-state index contributed by atoms with van der Waals surface area (Å²) in [6.45, 7) is 2.29. The lowest BCUT2D eigenvalue weighted by atomic mass is 9.89. The van der Waals surface area contributed by atoms with Gasteiger partial charge in [0, 0.05) is 26.6 Å². The van der Waals surface area contributed by atoms with Crippen molar-refractivity contribution >= 4 is 21.9 Å². The number of amides is 1. The lowest BCUT2D eigenvalue weighted by Gasteiger charge is -2.22. The second-order valence-electron chi connectivity index (χ2n) is 5.22. The van der Waals surface area contributed by atoms with E-state index in [1.165, 1.54) is 11.4 Å². The van der Waals surface area contributed by atoms with E-state index in [1.54, 1.807) is 14.0 Å². The van der Waals surface area contributed by atoms with Crippen LogP contribution >= 0.6 is 0 Å². The number of carbonyl (C=O) groups is 2. The van der Waals surface area contributed by atoms with Crippen molar-refractivity contribution in [3.63, 3.8) is 0 Å². The first-order chi connectivity index (χ1) is 9.25. The van der Waals surface area contributed by atoms with Gasteiger partial charge in [0.1, 0.15) is 0 Å². The number of nitrogens with zero attached hydrogens (tertiary/aromatic N) is 1. The minimum Gasteiger partial charge on any atom is -0.469 e. The molecule has 1 unspecified atom stereocenters. The van der Waals surface area contributed by atoms with Crippen LogP contribution < -0.4 is 5.32 Å². The summed E-state index contributed by atoms with van der Waals surface area (Å²) in [5.74, 6) is -0.673. The van der Waals surface area contributed by atoms with Crippen molar-refractivity contribution in [2.75, 3.05) is 33.0 Å². The van der Waals surface area contributed by atoms with Gasteiger partial charge in [0.05, 0.1) is 18.3 Å². The minimum absolute atomic E-state index is 0.0796. The third-order valence-corrected chi connectivity index (χ3v) is 5.52. The van der Waals surface area contributed by atoms with E-state index < -0.39 is 21.4 Å². The molecule has 1 amide bonds. The Kier molecular flexibility index (Phi) is 5.52. The average Bonchev–Trinajstić information content (AvgIpc) is 2.82. The highest BCUT2D eigenvalue weighted by molar-refractivity contribution is 7.89. The summed E-state index contributed by atoms with van der Waals surface area (Å²) in [6.07, 6.45) is 0.807. The SMILES string of the molecule is CNC(=O)C1(C)CCN(S(=O)(=O)CCCC(=O)OC)C1. The summed E-state index contributed by atoms with van der Waals surface area (Å²) in [5.41, 5.74) is -0.676. The normalized spacial score (nSPS) is 23.6. The summed E-state index contributed by atoms with van der Waals surface area (Å²) in [7, 11) is -0.618. The van der Waals surface area contributed by atoms with Crippen molar-refractivity contribution in [3.8, 4) is 0 Å². The predicted octanol–water partition coefficient (Wildman–Crippen LogP) is -0.273. The highest BCUT2D eigenvalue weighted by atomic mass is 32.2. The molecule has 0 aromatic rings. The molecule has 7 nitrogen and oxygen atoms in total. The third-order valence-electron chi connectivity index (χ3n) is 3.62. The van der Waals surface area contributed by atoms with Gasteiger partial charge in [-0.15, -0.1) is 0 Å². The van der Waals surface area contributed by atoms with Crippen LogP contribution in [0.1, 0.15) is 26.2 Å². The van der Waals surface area contributed by atoms with E-state index in [4.69, 9.17) is 0 Å². The molecule has 1 saturated heterocycles. The maximum absolute atomic E-state index is 12.1. The van der Waals surface area contributed by atoms with Crippen molar-refractivity contribution in [1.82, 2.24) is 9.62 Å². The molecule has 0 aromatic heterocycles. The van der Waals surface area contributed by atoms with Gasteiger partial charge in [-0.2, -0.15) is 0 Å². The van der Waals surface area contributed by atoms with Crippen LogP contribution in [-0.2, 0) is 24.3 Å². The van der Waals surface area contributed by atoms with Crippen LogP contribution in [-0.4, -0.2) is 57.6 Å². The fraction of sp³-hybridized carbons (Fsp3) is 0.833. The van der Waals surface area contributed by atoms with E-state index in [0.717, 1.165) is 0 Å². The minimum atomic E-state index is -3.43. The predicted molar refractivity (Wildman–Crippen MR) is 73.4 cm³/mol. The number of rotatable bonds is 6. The van der Waals surface area contributed by atoms with Gasteiger partial charge in [-0.1, -0.05) is 0 Å². The first kappa shape index (κ1) is 16.9. The summed E-state index contributed by atoms with van der Waals surface area (Å²) in [4.78, 5) is 22.7. The van der Waals surface area contributed by atoms with Gasteiger partial charge < -0.3 is 10.1 Å². The number of sulfonamides is 1. The van der Waals surface area contributed by atoms with Gasteiger partial charge in [0.15, 0.2) is 0 Å². The Morgan fingerprint density at radius 1 is 1.40 bits per heavy atom. The molecule has 1 fully saturated rings. The monoisotopic (exact) mass is 306 g/mol. The van der Waals surface area contributed by atoms with Gasteiger partial charge in [0.2, 0.25) is 15.9 Å². The lowest BCUT2D eigenvalue weighted by Crippen LogP contribution is -2.40. The highest BCUT2D eigenvalue weighted by Crippen LogP contribution is 2.32.